The molecule has 2 aromatic heterocycles. The Kier molecular flexibility index (Phi) is 4.03. The molecule has 0 bridgehead atoms. The van der Waals surface area contributed by atoms with Gasteiger partial charge in [-0.15, -0.1) is 10.2 Å². The molecule has 142 valence electrons. The number of anilines is 1. The molecule has 2 aliphatic rings. The number of nitrogens with zero attached hydrogens (tertiary/aromatic N) is 7. The zero-order valence-corrected chi connectivity index (χ0v) is 15.9. The monoisotopic (exact) mass is 375 g/mol. The quantitative estimate of drug-likeness (QED) is 0.680. The number of fused-ring (bicyclic) bond motifs is 1. The third-order valence-electron chi connectivity index (χ3n) is 5.06. The minimum absolute atomic E-state index is 0.135. The lowest BCUT2D eigenvalue weighted by molar-refractivity contribution is 0.242. The van der Waals surface area contributed by atoms with Gasteiger partial charge in [-0.25, -0.2) is 9.97 Å². The van der Waals surface area contributed by atoms with E-state index >= 15 is 0 Å². The Morgan fingerprint density at radius 1 is 1.07 bits per heavy atom. The maximum absolute atomic E-state index is 5.85. The van der Waals surface area contributed by atoms with Crippen LogP contribution in [0, 0.1) is 0 Å². The smallest absolute Gasteiger partial charge is 0.132 e. The van der Waals surface area contributed by atoms with Gasteiger partial charge < -0.3 is 14.2 Å². The molecule has 0 aliphatic carbocycles. The van der Waals surface area contributed by atoms with Gasteiger partial charge in [0.15, 0.2) is 0 Å². The molecule has 8 heteroatoms. The second-order valence-electron chi connectivity index (χ2n) is 7.38. The van der Waals surface area contributed by atoms with E-state index in [-0.39, 0.29) is 6.10 Å². The molecule has 0 N–H and O–H groups in total. The van der Waals surface area contributed by atoms with Crippen molar-refractivity contribution in [1.82, 2.24) is 24.7 Å². The van der Waals surface area contributed by atoms with Crippen LogP contribution >= 0.6 is 0 Å². The Bertz CT molecular complexity index is 1020. The van der Waals surface area contributed by atoms with Gasteiger partial charge in [-0.1, -0.05) is 6.07 Å². The molecule has 28 heavy (non-hydrogen) atoms. The van der Waals surface area contributed by atoms with Crippen LogP contribution in [0.15, 0.2) is 48.2 Å². The van der Waals surface area contributed by atoms with Crippen molar-refractivity contribution >= 4 is 11.5 Å². The molecule has 1 saturated heterocycles. The van der Waals surface area contributed by atoms with E-state index in [9.17, 15) is 0 Å². The molecular weight excluding hydrogens is 354 g/mol. The fourth-order valence-electron chi connectivity index (χ4n) is 3.61. The summed E-state index contributed by atoms with van der Waals surface area (Å²) in [6, 6.07) is 8.56. The molecule has 0 spiro atoms. The summed E-state index contributed by atoms with van der Waals surface area (Å²) in [5.41, 5.74) is 4.04. The third-order valence-corrected chi connectivity index (χ3v) is 5.06. The summed E-state index contributed by atoms with van der Waals surface area (Å²) in [7, 11) is 0. The molecule has 0 radical (unpaired) electrons. The van der Waals surface area contributed by atoms with Crippen LogP contribution in [-0.2, 0) is 6.54 Å². The Morgan fingerprint density at radius 2 is 1.89 bits per heavy atom. The highest BCUT2D eigenvalue weighted by Crippen LogP contribution is 2.30. The van der Waals surface area contributed by atoms with Gasteiger partial charge in [0.2, 0.25) is 0 Å². The van der Waals surface area contributed by atoms with Crippen LogP contribution in [0.3, 0.4) is 0 Å². The highest BCUT2D eigenvalue weighted by atomic mass is 16.5. The van der Waals surface area contributed by atoms with Gasteiger partial charge in [0.25, 0.3) is 0 Å². The summed E-state index contributed by atoms with van der Waals surface area (Å²) in [5, 5.41) is 7.76. The normalized spacial score (nSPS) is 16.1. The van der Waals surface area contributed by atoms with Crippen molar-refractivity contribution in [2.45, 2.75) is 32.5 Å². The standard InChI is InChI=1S/C20H21N7O/c1-13(2)28-16-4-3-14-7-21-20(17(14)5-16)18-6-19(23-10-22-18)26-8-15(9-26)27-11-24-25-12-27/h3-6,10-13,15H,7-9H2,1-2H3. The van der Waals surface area contributed by atoms with E-state index in [1.165, 1.54) is 5.56 Å². The molecule has 5 rings (SSSR count). The van der Waals surface area contributed by atoms with Gasteiger partial charge in [-0.2, -0.15) is 0 Å². The number of benzene rings is 1. The SMILES string of the molecule is CC(C)Oc1ccc2c(c1)C(c1cc(N3CC(n4cnnc4)C3)ncn1)=NC2. The van der Waals surface area contributed by atoms with Crippen LogP contribution in [0.25, 0.3) is 0 Å². The molecule has 4 heterocycles. The fraction of sp³-hybridized carbons (Fsp3) is 0.350. The maximum Gasteiger partial charge on any atom is 0.132 e. The van der Waals surface area contributed by atoms with Crippen LogP contribution < -0.4 is 9.64 Å². The first kappa shape index (κ1) is 16.9. The van der Waals surface area contributed by atoms with Crippen molar-refractivity contribution in [2.75, 3.05) is 18.0 Å². The van der Waals surface area contributed by atoms with E-state index < -0.39 is 0 Å². The van der Waals surface area contributed by atoms with E-state index in [1.807, 2.05) is 30.5 Å². The lowest BCUT2D eigenvalue weighted by Gasteiger charge is -2.40. The van der Waals surface area contributed by atoms with Crippen molar-refractivity contribution in [3.05, 3.63) is 60.1 Å². The predicted octanol–water partition coefficient (Wildman–Crippen LogP) is 2.27. The van der Waals surface area contributed by atoms with Crippen LogP contribution in [0.2, 0.25) is 0 Å². The molecule has 0 saturated carbocycles. The van der Waals surface area contributed by atoms with Gasteiger partial charge in [-0.3, -0.25) is 4.99 Å². The first-order valence-corrected chi connectivity index (χ1v) is 9.43. The fourth-order valence-corrected chi connectivity index (χ4v) is 3.61. The van der Waals surface area contributed by atoms with E-state index in [0.717, 1.165) is 41.6 Å². The molecule has 2 aliphatic heterocycles. The third kappa shape index (κ3) is 3.00. The summed E-state index contributed by atoms with van der Waals surface area (Å²) in [5.74, 6) is 1.78. The van der Waals surface area contributed by atoms with E-state index in [2.05, 4.69) is 37.2 Å². The molecule has 1 fully saturated rings. The number of rotatable bonds is 5. The Hall–Kier alpha value is -3.29. The van der Waals surface area contributed by atoms with Crippen LogP contribution in [-0.4, -0.2) is 49.6 Å². The molecule has 0 unspecified atom stereocenters. The first-order chi connectivity index (χ1) is 13.7. The van der Waals surface area contributed by atoms with E-state index in [4.69, 9.17) is 9.73 Å². The van der Waals surface area contributed by atoms with Gasteiger partial charge in [-0.05, 0) is 31.5 Å². The lowest BCUT2D eigenvalue weighted by atomic mass is 10.0. The van der Waals surface area contributed by atoms with Crippen LogP contribution in [0.1, 0.15) is 36.7 Å². The van der Waals surface area contributed by atoms with Crippen molar-refractivity contribution < 1.29 is 4.74 Å². The lowest BCUT2D eigenvalue weighted by Crippen LogP contribution is -2.48. The number of ether oxygens (including phenoxy) is 1. The van der Waals surface area contributed by atoms with Crippen molar-refractivity contribution in [3.63, 3.8) is 0 Å². The highest BCUT2D eigenvalue weighted by Gasteiger charge is 2.30. The van der Waals surface area contributed by atoms with Crippen LogP contribution in [0.5, 0.6) is 5.75 Å². The molecule has 8 nitrogen and oxygen atoms in total. The Balaban J connectivity index is 1.37. The highest BCUT2D eigenvalue weighted by molar-refractivity contribution is 6.14. The van der Waals surface area contributed by atoms with E-state index in [0.29, 0.717) is 12.6 Å². The molecule has 1 aromatic carbocycles. The van der Waals surface area contributed by atoms with Crippen LogP contribution in [0.4, 0.5) is 5.82 Å². The molecule has 3 aromatic rings. The van der Waals surface area contributed by atoms with Gasteiger partial charge in [0, 0.05) is 24.7 Å². The average molecular weight is 375 g/mol. The van der Waals surface area contributed by atoms with Crippen molar-refractivity contribution in [1.29, 1.82) is 0 Å². The summed E-state index contributed by atoms with van der Waals surface area (Å²) in [6.07, 6.45) is 5.27. The Morgan fingerprint density at radius 3 is 2.68 bits per heavy atom. The first-order valence-electron chi connectivity index (χ1n) is 9.43. The summed E-state index contributed by atoms with van der Waals surface area (Å²) < 4.78 is 7.88. The van der Waals surface area contributed by atoms with Crippen molar-refractivity contribution in [3.8, 4) is 5.75 Å². The second-order valence-corrected chi connectivity index (χ2v) is 7.38. The van der Waals surface area contributed by atoms with Gasteiger partial charge in [0.1, 0.15) is 30.5 Å². The summed E-state index contributed by atoms with van der Waals surface area (Å²) in [4.78, 5) is 15.9. The van der Waals surface area contributed by atoms with Crippen molar-refractivity contribution in [2.24, 2.45) is 4.99 Å². The minimum Gasteiger partial charge on any atom is -0.491 e. The molecular formula is C20H21N7O. The van der Waals surface area contributed by atoms with Gasteiger partial charge >= 0.3 is 0 Å². The maximum atomic E-state index is 5.85. The number of hydrogen-bond acceptors (Lipinski definition) is 7. The molecule has 0 atom stereocenters. The minimum atomic E-state index is 0.135. The van der Waals surface area contributed by atoms with E-state index in [1.54, 1.807) is 19.0 Å². The van der Waals surface area contributed by atoms with Gasteiger partial charge in [0.05, 0.1) is 30.1 Å². The zero-order valence-electron chi connectivity index (χ0n) is 15.9. The zero-order chi connectivity index (χ0) is 19.1. The summed E-state index contributed by atoms with van der Waals surface area (Å²) in [6.45, 7) is 6.48. The average Bonchev–Trinajstić information content (AvgIpc) is 3.30. The number of aromatic nitrogens is 5. The Labute approximate surface area is 162 Å². The number of hydrogen-bond donors (Lipinski definition) is 0. The molecule has 0 amide bonds. The summed E-state index contributed by atoms with van der Waals surface area (Å²) >= 11 is 0. The topological polar surface area (TPSA) is 81.3 Å². The number of aliphatic imine (C=N–C) groups is 1. The second kappa shape index (κ2) is 6.70. The largest absolute Gasteiger partial charge is 0.491 e. The predicted molar refractivity (Wildman–Crippen MR) is 105 cm³/mol.